The number of benzene rings is 1. The summed E-state index contributed by atoms with van der Waals surface area (Å²) in [5, 5.41) is 2.69. The summed E-state index contributed by atoms with van der Waals surface area (Å²) >= 11 is 1.02. The molecule has 1 amide bonds. The number of nitrogens with two attached hydrogens (primary N) is 1. The van der Waals surface area contributed by atoms with Crippen LogP contribution in [-0.2, 0) is 4.79 Å². The molecule has 0 unspecified atom stereocenters. The van der Waals surface area contributed by atoms with Gasteiger partial charge in [0.15, 0.2) is 5.13 Å². The van der Waals surface area contributed by atoms with E-state index in [1.807, 2.05) is 0 Å². The molecule has 10 heteroatoms. The molecule has 0 aliphatic rings. The third-order valence-corrected chi connectivity index (χ3v) is 3.11. The van der Waals surface area contributed by atoms with Crippen molar-refractivity contribution in [1.82, 2.24) is 4.98 Å². The zero-order valence-corrected chi connectivity index (χ0v) is 16.8. The Morgan fingerprint density at radius 2 is 2.14 bits per heavy atom. The maximum Gasteiger partial charge on any atom is 1.00 e. The van der Waals surface area contributed by atoms with Gasteiger partial charge in [-0.05, 0) is 12.1 Å². The van der Waals surface area contributed by atoms with Crippen molar-refractivity contribution in [2.45, 2.75) is 13.3 Å². The van der Waals surface area contributed by atoms with Gasteiger partial charge in [-0.3, -0.25) is 0 Å². The van der Waals surface area contributed by atoms with Crippen LogP contribution in [-0.4, -0.2) is 17.3 Å². The summed E-state index contributed by atoms with van der Waals surface area (Å²) in [6, 6.07) is 3.79. The average molecular weight is 390 g/mol. The molecule has 21 heavy (non-hydrogen) atoms. The van der Waals surface area contributed by atoms with Crippen LogP contribution in [0.1, 0.15) is 6.92 Å². The summed E-state index contributed by atoms with van der Waals surface area (Å²) in [5.74, 6) is -0.844. The fraction of sp³-hybridized carbons (Fsp3) is 0.182. The van der Waals surface area contributed by atoms with Gasteiger partial charge in [0.05, 0.1) is 10.2 Å². The van der Waals surface area contributed by atoms with Gasteiger partial charge in [0.25, 0.3) is 0 Å². The summed E-state index contributed by atoms with van der Waals surface area (Å²) in [6.07, 6.45) is -4.75. The second-order valence-corrected chi connectivity index (χ2v) is 4.86. The van der Waals surface area contributed by atoms with E-state index in [1.54, 1.807) is 0 Å². The van der Waals surface area contributed by atoms with Gasteiger partial charge in [-0.1, -0.05) is 11.3 Å². The zero-order valence-electron chi connectivity index (χ0n) is 11.1. The molecule has 3 N–H and O–H groups in total. The molecular weight excluding hydrogens is 381 g/mol. The van der Waals surface area contributed by atoms with Crippen LogP contribution in [0.5, 0.6) is 5.75 Å². The van der Waals surface area contributed by atoms with Crippen LogP contribution < -0.4 is 74.0 Å². The molecule has 0 saturated carbocycles. The van der Waals surface area contributed by atoms with Gasteiger partial charge >= 0.3 is 64.5 Å². The van der Waals surface area contributed by atoms with Crippen LogP contribution in [0.4, 0.5) is 18.3 Å². The Balaban J connectivity index is 0.00000220. The van der Waals surface area contributed by atoms with Crippen LogP contribution in [0.3, 0.4) is 0 Å². The smallest absolute Gasteiger partial charge is 0.457 e. The number of carbonyl (C=O) groups excluding carboxylic acids is 1. The topological polar surface area (TPSA) is 77.2 Å². The molecule has 0 fully saturated rings. The Kier molecular flexibility index (Phi) is 6.63. The number of nitrogens with zero attached hydrogens (tertiary/aromatic N) is 1. The standard InChI is InChI=1S/C11H9F3N3O2S.Rb/c1-5(15)9(18)17-10-16-7-3-2-6(4-8(7)20-10)19-11(12,13)14;/h2-4H,15H2,1H3,(H,16,17,18);/q-1;+1. The first-order valence-electron chi connectivity index (χ1n) is 5.31. The van der Waals surface area contributed by atoms with Crippen LogP contribution >= 0.6 is 11.3 Å². The van der Waals surface area contributed by atoms with Gasteiger partial charge in [-0.25, -0.2) is 11.0 Å². The Morgan fingerprint density at radius 1 is 1.48 bits per heavy atom. The quantitative estimate of drug-likeness (QED) is 0.703. The Labute approximate surface area is 170 Å². The van der Waals surface area contributed by atoms with E-state index in [2.05, 4.69) is 15.0 Å². The average Bonchev–Trinajstić information content (AvgIpc) is 2.68. The molecule has 0 bridgehead atoms. The molecule has 0 aliphatic carbocycles. The van der Waals surface area contributed by atoms with Crippen molar-refractivity contribution in [2.24, 2.45) is 5.73 Å². The van der Waals surface area contributed by atoms with E-state index in [4.69, 9.17) is 5.73 Å². The maximum absolute atomic E-state index is 12.1. The minimum Gasteiger partial charge on any atom is -0.457 e. The molecular formula is C11H9F3N3O2RbS. The molecule has 1 heterocycles. The van der Waals surface area contributed by atoms with Gasteiger partial charge < -0.3 is 20.6 Å². The first-order chi connectivity index (χ1) is 9.24. The van der Waals surface area contributed by atoms with Crippen molar-refractivity contribution >= 4 is 32.6 Å². The third-order valence-electron chi connectivity index (χ3n) is 2.17. The normalized spacial score (nSPS) is 10.9. The van der Waals surface area contributed by atoms with E-state index in [0.29, 0.717) is 10.2 Å². The van der Waals surface area contributed by atoms with Crippen molar-refractivity contribution in [1.29, 1.82) is 0 Å². The Morgan fingerprint density at radius 3 is 2.71 bits per heavy atom. The number of nitrogens with one attached hydrogen (secondary N) is 1. The second kappa shape index (κ2) is 7.38. The second-order valence-electron chi connectivity index (χ2n) is 3.83. The number of thiazole rings is 1. The van der Waals surface area contributed by atoms with Gasteiger partial charge in [-0.2, -0.15) is 6.92 Å². The summed E-state index contributed by atoms with van der Waals surface area (Å²) < 4.78 is 40.6. The number of carbonyl (C=O) groups is 1. The number of anilines is 1. The van der Waals surface area contributed by atoms with Crippen LogP contribution in [0.25, 0.3) is 10.2 Å². The number of fused-ring (bicyclic) bond motifs is 1. The van der Waals surface area contributed by atoms with Crippen molar-refractivity contribution in [3.63, 3.8) is 0 Å². The molecule has 0 atom stereocenters. The fourth-order valence-electron chi connectivity index (χ4n) is 1.35. The minimum atomic E-state index is -4.75. The molecule has 1 aromatic heterocycles. The fourth-order valence-corrected chi connectivity index (χ4v) is 2.24. The predicted molar refractivity (Wildman–Crippen MR) is 68.0 cm³/mol. The van der Waals surface area contributed by atoms with Gasteiger partial charge in [0.1, 0.15) is 11.7 Å². The number of aromatic nitrogens is 1. The molecule has 0 radical (unpaired) electrons. The van der Waals surface area contributed by atoms with E-state index < -0.39 is 12.3 Å². The summed E-state index contributed by atoms with van der Waals surface area (Å²) in [4.78, 5) is 15.4. The van der Waals surface area contributed by atoms with E-state index in [9.17, 15) is 18.0 Å². The monoisotopic (exact) mass is 389 g/mol. The van der Waals surface area contributed by atoms with Gasteiger partial charge in [0.2, 0.25) is 0 Å². The number of ether oxygens (including phenoxy) is 1. The molecule has 2 aromatic rings. The number of halogens is 3. The van der Waals surface area contributed by atoms with Gasteiger partial charge in [-0.15, -0.1) is 13.2 Å². The number of alkyl halides is 3. The first kappa shape index (κ1) is 18.9. The first-order valence-corrected chi connectivity index (χ1v) is 6.13. The van der Waals surface area contributed by atoms with Crippen molar-refractivity contribution in [3.05, 3.63) is 24.2 Å². The number of hydrogen-bond donors (Lipinski definition) is 2. The maximum atomic E-state index is 12.1. The predicted octanol–water partition coefficient (Wildman–Crippen LogP) is -0.352. The SMILES string of the molecule is C[C-](N)C(=O)Nc1nc2ccc(OC(F)(F)F)cc2s1.[Rb+]. The van der Waals surface area contributed by atoms with Crippen LogP contribution in [0.15, 0.2) is 18.2 Å². The Hall–Kier alpha value is -0.195. The summed E-state index contributed by atoms with van der Waals surface area (Å²) in [6.45, 7) is 1.43. The largest absolute Gasteiger partial charge is 1.00 e. The number of hydrogen-bond acceptors (Lipinski definition) is 5. The zero-order chi connectivity index (χ0) is 14.9. The third kappa shape index (κ3) is 5.49. The summed E-state index contributed by atoms with van der Waals surface area (Å²) in [5.41, 5.74) is 5.76. The molecule has 5 nitrogen and oxygen atoms in total. The molecule has 0 aliphatic heterocycles. The number of amides is 1. The van der Waals surface area contributed by atoms with E-state index in [0.717, 1.165) is 17.4 Å². The van der Waals surface area contributed by atoms with Crippen LogP contribution in [0.2, 0.25) is 0 Å². The van der Waals surface area contributed by atoms with E-state index in [-0.39, 0.29) is 75.1 Å². The molecule has 2 rings (SSSR count). The number of rotatable bonds is 3. The minimum absolute atomic E-state index is 0. The summed E-state index contributed by atoms with van der Waals surface area (Å²) in [7, 11) is 0. The Bertz CT molecular complexity index is 645. The van der Waals surface area contributed by atoms with Crippen molar-refractivity contribution in [3.8, 4) is 5.75 Å². The molecule has 0 spiro atoms. The molecule has 108 valence electrons. The van der Waals surface area contributed by atoms with Gasteiger partial charge in [0, 0.05) is 6.07 Å². The van der Waals surface area contributed by atoms with Crippen LogP contribution in [0, 0.1) is 6.04 Å². The van der Waals surface area contributed by atoms with E-state index in [1.165, 1.54) is 19.1 Å². The molecule has 1 aromatic carbocycles. The van der Waals surface area contributed by atoms with E-state index >= 15 is 0 Å². The van der Waals surface area contributed by atoms with Crippen molar-refractivity contribution in [2.75, 3.05) is 5.32 Å². The van der Waals surface area contributed by atoms with Crippen molar-refractivity contribution < 1.29 is 80.9 Å². The molecule has 0 saturated heterocycles.